The molecule has 3 rings (SSSR count). The van der Waals surface area contributed by atoms with Gasteiger partial charge in [-0.25, -0.2) is 9.78 Å². The van der Waals surface area contributed by atoms with Gasteiger partial charge in [0.05, 0.1) is 17.2 Å². The van der Waals surface area contributed by atoms with Crippen LogP contribution in [-0.4, -0.2) is 23.5 Å². The number of amides is 1. The Labute approximate surface area is 184 Å². The number of ether oxygens (including phenoxy) is 1. The molecule has 0 aliphatic rings. The summed E-state index contributed by atoms with van der Waals surface area (Å²) >= 11 is 6.47. The van der Waals surface area contributed by atoms with E-state index in [0.717, 1.165) is 23.5 Å². The van der Waals surface area contributed by atoms with Crippen molar-refractivity contribution in [1.82, 2.24) is 4.98 Å². The molecule has 2 N–H and O–H groups in total. The fraction of sp³-hybridized carbons (Fsp3) is 0.150. The highest BCUT2D eigenvalue weighted by Gasteiger charge is 2.33. The van der Waals surface area contributed by atoms with Gasteiger partial charge in [0, 0.05) is 11.3 Å². The molecule has 0 saturated heterocycles. The van der Waals surface area contributed by atoms with Gasteiger partial charge in [0.1, 0.15) is 0 Å². The highest BCUT2D eigenvalue weighted by Crippen LogP contribution is 2.37. The number of benzene rings is 2. The lowest BCUT2D eigenvalue weighted by Crippen LogP contribution is -2.15. The second kappa shape index (κ2) is 9.36. The first-order valence-electron chi connectivity index (χ1n) is 8.87. The molecule has 0 aliphatic heterocycles. The molecule has 162 valence electrons. The van der Waals surface area contributed by atoms with Crippen LogP contribution < -0.4 is 10.6 Å². The van der Waals surface area contributed by atoms with Crippen molar-refractivity contribution in [2.45, 2.75) is 13.1 Å². The number of esters is 1. The van der Waals surface area contributed by atoms with E-state index in [1.54, 1.807) is 37.3 Å². The van der Waals surface area contributed by atoms with E-state index in [-0.39, 0.29) is 28.1 Å². The minimum absolute atomic E-state index is 0.00126. The summed E-state index contributed by atoms with van der Waals surface area (Å²) in [6.07, 6.45) is -4.64. The monoisotopic (exact) mass is 469 g/mol. The second-order valence-corrected chi connectivity index (χ2v) is 7.46. The number of halogens is 4. The Morgan fingerprint density at radius 2 is 1.87 bits per heavy atom. The van der Waals surface area contributed by atoms with Crippen molar-refractivity contribution in [2.24, 2.45) is 0 Å². The van der Waals surface area contributed by atoms with Crippen molar-refractivity contribution in [3.05, 3.63) is 69.6 Å². The van der Waals surface area contributed by atoms with Crippen molar-refractivity contribution in [3.63, 3.8) is 0 Å². The molecule has 1 heterocycles. The van der Waals surface area contributed by atoms with Crippen LogP contribution in [0.1, 0.15) is 32.5 Å². The predicted octanol–water partition coefficient (Wildman–Crippen LogP) is 5.99. The predicted molar refractivity (Wildman–Crippen MR) is 112 cm³/mol. The highest BCUT2D eigenvalue weighted by molar-refractivity contribution is 7.18. The van der Waals surface area contributed by atoms with Gasteiger partial charge in [-0.3, -0.25) is 4.79 Å². The summed E-state index contributed by atoms with van der Waals surface area (Å²) in [6, 6.07) is 11.5. The van der Waals surface area contributed by atoms with E-state index >= 15 is 0 Å². The van der Waals surface area contributed by atoms with Crippen LogP contribution in [0.25, 0.3) is 0 Å². The molecular formula is C20H15ClF3N3O3S. The molecule has 0 fully saturated rings. The molecule has 0 aliphatic carbocycles. The van der Waals surface area contributed by atoms with Crippen molar-refractivity contribution < 1.29 is 27.5 Å². The Morgan fingerprint density at radius 3 is 2.52 bits per heavy atom. The van der Waals surface area contributed by atoms with E-state index in [0.29, 0.717) is 5.56 Å². The first kappa shape index (κ1) is 22.6. The summed E-state index contributed by atoms with van der Waals surface area (Å²) in [4.78, 5) is 28.9. The van der Waals surface area contributed by atoms with Gasteiger partial charge >= 0.3 is 12.1 Å². The third kappa shape index (κ3) is 5.53. The molecule has 31 heavy (non-hydrogen) atoms. The molecule has 0 unspecified atom stereocenters. The zero-order chi connectivity index (χ0) is 22.6. The Hall–Kier alpha value is -3.11. The van der Waals surface area contributed by atoms with Gasteiger partial charge < -0.3 is 15.4 Å². The van der Waals surface area contributed by atoms with Crippen LogP contribution in [0.5, 0.6) is 0 Å². The average molecular weight is 470 g/mol. The highest BCUT2D eigenvalue weighted by atomic mass is 35.5. The fourth-order valence-electron chi connectivity index (χ4n) is 2.51. The Balaban J connectivity index is 1.91. The van der Waals surface area contributed by atoms with Crippen molar-refractivity contribution in [2.75, 3.05) is 17.2 Å². The molecule has 1 aromatic heterocycles. The number of hydrogen-bond acceptors (Lipinski definition) is 6. The number of aromatic nitrogens is 1. The van der Waals surface area contributed by atoms with Crippen molar-refractivity contribution in [1.29, 1.82) is 0 Å². The first-order chi connectivity index (χ1) is 14.7. The maximum Gasteiger partial charge on any atom is 0.417 e. The topological polar surface area (TPSA) is 80.3 Å². The quantitative estimate of drug-likeness (QED) is 0.433. The lowest BCUT2D eigenvalue weighted by molar-refractivity contribution is -0.137. The van der Waals surface area contributed by atoms with Crippen LogP contribution in [0, 0.1) is 0 Å². The minimum Gasteiger partial charge on any atom is -0.462 e. The number of carbonyl (C=O) groups is 2. The van der Waals surface area contributed by atoms with Crippen LogP contribution in [0.2, 0.25) is 5.02 Å². The van der Waals surface area contributed by atoms with E-state index < -0.39 is 28.6 Å². The van der Waals surface area contributed by atoms with E-state index in [1.807, 2.05) is 0 Å². The summed E-state index contributed by atoms with van der Waals surface area (Å²) in [5.74, 6) is -1.29. The van der Waals surface area contributed by atoms with E-state index in [9.17, 15) is 22.8 Å². The van der Waals surface area contributed by atoms with Gasteiger partial charge in [0.2, 0.25) is 0 Å². The van der Waals surface area contributed by atoms with Gasteiger partial charge in [-0.1, -0.05) is 41.1 Å². The summed E-state index contributed by atoms with van der Waals surface area (Å²) in [5, 5.41) is 4.88. The molecule has 6 nitrogen and oxygen atoms in total. The molecular weight excluding hydrogens is 455 g/mol. The van der Waals surface area contributed by atoms with Crippen molar-refractivity contribution in [3.8, 4) is 0 Å². The largest absolute Gasteiger partial charge is 0.462 e. The zero-order valence-electron chi connectivity index (χ0n) is 15.9. The summed E-state index contributed by atoms with van der Waals surface area (Å²) < 4.78 is 44.3. The third-order valence-electron chi connectivity index (χ3n) is 3.88. The SMILES string of the molecule is CCOC(=O)c1sc(Nc2ccc(Cl)c(C(F)(F)F)c2)nc1NC(=O)c1ccccc1. The standard InChI is InChI=1S/C20H15ClF3N3O3S/c1-2-30-18(29)15-16(26-17(28)11-6-4-3-5-7-11)27-19(31-15)25-12-8-9-14(21)13(10-12)20(22,23)24/h3-10H,2H2,1H3,(H,25,27)(H,26,28). The van der Waals surface area contributed by atoms with Crippen molar-refractivity contribution >= 4 is 51.5 Å². The van der Waals surface area contributed by atoms with Gasteiger partial charge in [0.25, 0.3) is 5.91 Å². The van der Waals surface area contributed by atoms with E-state index in [2.05, 4.69) is 15.6 Å². The number of anilines is 3. The first-order valence-corrected chi connectivity index (χ1v) is 10.1. The van der Waals surface area contributed by atoms with Gasteiger partial charge in [-0.15, -0.1) is 0 Å². The van der Waals surface area contributed by atoms with Gasteiger partial charge in [-0.05, 0) is 37.3 Å². The Bertz CT molecular complexity index is 1100. The van der Waals surface area contributed by atoms with E-state index in [1.165, 1.54) is 6.07 Å². The number of nitrogens with zero attached hydrogens (tertiary/aromatic N) is 1. The molecule has 0 saturated carbocycles. The molecule has 0 spiro atoms. The molecule has 0 radical (unpaired) electrons. The average Bonchev–Trinajstić information content (AvgIpc) is 3.11. The lowest BCUT2D eigenvalue weighted by atomic mass is 10.2. The molecule has 11 heteroatoms. The number of carbonyl (C=O) groups excluding carboxylic acids is 2. The summed E-state index contributed by atoms with van der Waals surface area (Å²) in [7, 11) is 0. The zero-order valence-corrected chi connectivity index (χ0v) is 17.5. The summed E-state index contributed by atoms with van der Waals surface area (Å²) in [6.45, 7) is 1.71. The third-order valence-corrected chi connectivity index (χ3v) is 5.16. The maximum absolute atomic E-state index is 13.1. The normalized spacial score (nSPS) is 11.1. The number of thiazole rings is 1. The van der Waals surface area contributed by atoms with E-state index in [4.69, 9.17) is 16.3 Å². The Morgan fingerprint density at radius 1 is 1.16 bits per heavy atom. The molecule has 1 amide bonds. The number of hydrogen-bond donors (Lipinski definition) is 2. The smallest absolute Gasteiger partial charge is 0.417 e. The molecule has 2 aromatic carbocycles. The number of rotatable bonds is 6. The number of alkyl halides is 3. The Kier molecular flexibility index (Phi) is 6.81. The minimum atomic E-state index is -4.64. The van der Waals surface area contributed by atoms with Crippen LogP contribution in [0.15, 0.2) is 48.5 Å². The molecule has 3 aromatic rings. The second-order valence-electron chi connectivity index (χ2n) is 6.05. The molecule has 0 atom stereocenters. The molecule has 0 bridgehead atoms. The lowest BCUT2D eigenvalue weighted by Gasteiger charge is -2.11. The van der Waals surface area contributed by atoms with Crippen LogP contribution in [0.4, 0.5) is 29.8 Å². The van der Waals surface area contributed by atoms with Crippen LogP contribution in [-0.2, 0) is 10.9 Å². The van der Waals surface area contributed by atoms with Crippen LogP contribution in [0.3, 0.4) is 0 Å². The van der Waals surface area contributed by atoms with Gasteiger partial charge in [0.15, 0.2) is 15.8 Å². The number of nitrogens with one attached hydrogen (secondary N) is 2. The fourth-order valence-corrected chi connectivity index (χ4v) is 3.57. The van der Waals surface area contributed by atoms with Gasteiger partial charge in [-0.2, -0.15) is 13.2 Å². The van der Waals surface area contributed by atoms with Crippen LogP contribution >= 0.6 is 22.9 Å². The maximum atomic E-state index is 13.1. The summed E-state index contributed by atoms with van der Waals surface area (Å²) in [5.41, 5.74) is -0.617.